The third-order valence-corrected chi connectivity index (χ3v) is 3.62. The third-order valence-electron chi connectivity index (χ3n) is 3.62. The molecule has 2 N–H and O–H groups in total. The summed E-state index contributed by atoms with van der Waals surface area (Å²) in [5.74, 6) is -0.941. The van der Waals surface area contributed by atoms with Crippen LogP contribution in [0.4, 0.5) is 0 Å². The molecular formula is C14H15N5O3. The molecule has 1 aliphatic carbocycles. The lowest BCUT2D eigenvalue weighted by molar-refractivity contribution is -0.146. The predicted octanol–water partition coefficient (Wildman–Crippen LogP) is 0.319. The van der Waals surface area contributed by atoms with Gasteiger partial charge in [0.25, 0.3) is 0 Å². The molecule has 3 rings (SSSR count). The quantitative estimate of drug-likeness (QED) is 0.823. The van der Waals surface area contributed by atoms with Gasteiger partial charge in [-0.05, 0) is 18.1 Å². The minimum absolute atomic E-state index is 0.0337. The van der Waals surface area contributed by atoms with Gasteiger partial charge in [-0.2, -0.15) is 4.80 Å². The van der Waals surface area contributed by atoms with Crippen molar-refractivity contribution in [2.75, 3.05) is 0 Å². The highest BCUT2D eigenvalue weighted by Gasteiger charge is 2.35. The number of amides is 1. The van der Waals surface area contributed by atoms with E-state index in [-0.39, 0.29) is 24.4 Å². The van der Waals surface area contributed by atoms with E-state index in [9.17, 15) is 9.59 Å². The van der Waals surface area contributed by atoms with Crippen LogP contribution in [0.1, 0.15) is 12.8 Å². The van der Waals surface area contributed by atoms with E-state index in [1.54, 1.807) is 0 Å². The first-order valence-electron chi connectivity index (χ1n) is 6.97. The highest BCUT2D eigenvalue weighted by atomic mass is 16.4. The van der Waals surface area contributed by atoms with Crippen LogP contribution < -0.4 is 5.32 Å². The number of carboxylic acids is 1. The summed E-state index contributed by atoms with van der Waals surface area (Å²) in [5, 5.41) is 23.5. The molecule has 8 heteroatoms. The number of carboxylic acid groups (broad SMARTS) is 1. The number of benzene rings is 1. The molecule has 1 aromatic heterocycles. The molecule has 8 nitrogen and oxygen atoms in total. The van der Waals surface area contributed by atoms with Gasteiger partial charge in [-0.3, -0.25) is 9.59 Å². The summed E-state index contributed by atoms with van der Waals surface area (Å²) < 4.78 is 0. The van der Waals surface area contributed by atoms with Crippen molar-refractivity contribution >= 4 is 11.9 Å². The molecule has 0 saturated heterocycles. The first-order valence-corrected chi connectivity index (χ1v) is 6.97. The number of carbonyl (C=O) groups is 2. The van der Waals surface area contributed by atoms with E-state index in [1.807, 2.05) is 30.3 Å². The number of hydrogen-bond acceptors (Lipinski definition) is 5. The summed E-state index contributed by atoms with van der Waals surface area (Å²) in [4.78, 5) is 23.8. The fourth-order valence-electron chi connectivity index (χ4n) is 2.35. The van der Waals surface area contributed by atoms with Crippen LogP contribution in [0.5, 0.6) is 0 Å². The minimum Gasteiger partial charge on any atom is -0.481 e. The number of carbonyl (C=O) groups excluding carboxylic acids is 1. The van der Waals surface area contributed by atoms with Crippen LogP contribution in [-0.4, -0.2) is 43.2 Å². The van der Waals surface area contributed by atoms with Gasteiger partial charge in [0, 0.05) is 11.6 Å². The molecule has 0 aliphatic heterocycles. The van der Waals surface area contributed by atoms with Crippen LogP contribution in [0.2, 0.25) is 0 Å². The number of hydrogen-bond donors (Lipinski definition) is 2. The Balaban J connectivity index is 1.53. The van der Waals surface area contributed by atoms with Crippen LogP contribution in [-0.2, 0) is 16.1 Å². The zero-order valence-corrected chi connectivity index (χ0v) is 11.7. The monoisotopic (exact) mass is 301 g/mol. The molecule has 0 radical (unpaired) electrons. The SMILES string of the molecule is O=C(Cn1nnc(-c2ccccc2)n1)NC1CC(C(=O)O)C1. The van der Waals surface area contributed by atoms with E-state index < -0.39 is 5.97 Å². The van der Waals surface area contributed by atoms with Gasteiger partial charge in [-0.1, -0.05) is 30.3 Å². The van der Waals surface area contributed by atoms with Crippen molar-refractivity contribution in [2.45, 2.75) is 25.4 Å². The van der Waals surface area contributed by atoms with E-state index in [0.717, 1.165) is 5.56 Å². The van der Waals surface area contributed by atoms with Gasteiger partial charge >= 0.3 is 5.97 Å². The van der Waals surface area contributed by atoms with Crippen molar-refractivity contribution in [3.8, 4) is 11.4 Å². The van der Waals surface area contributed by atoms with Gasteiger partial charge in [-0.25, -0.2) is 0 Å². The Labute approximate surface area is 126 Å². The Morgan fingerprint density at radius 2 is 2.00 bits per heavy atom. The normalized spacial score (nSPS) is 20.2. The van der Waals surface area contributed by atoms with Crippen LogP contribution >= 0.6 is 0 Å². The summed E-state index contributed by atoms with van der Waals surface area (Å²) in [5.41, 5.74) is 0.831. The molecular weight excluding hydrogens is 286 g/mol. The minimum atomic E-state index is -0.809. The highest BCUT2D eigenvalue weighted by Crippen LogP contribution is 2.27. The second-order valence-corrected chi connectivity index (χ2v) is 5.28. The van der Waals surface area contributed by atoms with Gasteiger partial charge < -0.3 is 10.4 Å². The van der Waals surface area contributed by atoms with E-state index in [0.29, 0.717) is 18.7 Å². The summed E-state index contributed by atoms with van der Waals surface area (Å²) in [6.45, 7) is -0.0337. The first kappa shape index (κ1) is 14.2. The maximum atomic E-state index is 11.9. The average Bonchev–Trinajstić information content (AvgIpc) is 2.91. The predicted molar refractivity (Wildman–Crippen MR) is 75.5 cm³/mol. The largest absolute Gasteiger partial charge is 0.481 e. The zero-order chi connectivity index (χ0) is 15.5. The van der Waals surface area contributed by atoms with Gasteiger partial charge in [0.1, 0.15) is 6.54 Å². The Kier molecular flexibility index (Phi) is 3.82. The van der Waals surface area contributed by atoms with Crippen molar-refractivity contribution in [3.05, 3.63) is 30.3 Å². The fourth-order valence-corrected chi connectivity index (χ4v) is 2.35. The Bertz CT molecular complexity index is 679. The van der Waals surface area contributed by atoms with Crippen molar-refractivity contribution in [1.29, 1.82) is 0 Å². The van der Waals surface area contributed by atoms with Crippen molar-refractivity contribution in [1.82, 2.24) is 25.5 Å². The summed E-state index contributed by atoms with van der Waals surface area (Å²) >= 11 is 0. The van der Waals surface area contributed by atoms with E-state index in [1.165, 1.54) is 4.80 Å². The number of tetrazole rings is 1. The summed E-state index contributed by atoms with van der Waals surface area (Å²) in [7, 11) is 0. The number of nitrogens with one attached hydrogen (secondary N) is 1. The lowest BCUT2D eigenvalue weighted by Crippen LogP contribution is -2.47. The van der Waals surface area contributed by atoms with E-state index in [2.05, 4.69) is 20.7 Å². The zero-order valence-electron chi connectivity index (χ0n) is 11.7. The lowest BCUT2D eigenvalue weighted by Gasteiger charge is -2.32. The molecule has 1 heterocycles. The van der Waals surface area contributed by atoms with Crippen molar-refractivity contribution in [3.63, 3.8) is 0 Å². The van der Waals surface area contributed by atoms with Gasteiger partial charge in [0.15, 0.2) is 0 Å². The standard InChI is InChI=1S/C14H15N5O3/c20-12(15-11-6-10(7-11)14(21)22)8-19-17-13(16-18-19)9-4-2-1-3-5-9/h1-5,10-11H,6-8H2,(H,15,20)(H,21,22). The molecule has 0 bridgehead atoms. The van der Waals surface area contributed by atoms with Crippen LogP contribution in [0.3, 0.4) is 0 Å². The smallest absolute Gasteiger partial charge is 0.306 e. The molecule has 0 unspecified atom stereocenters. The maximum absolute atomic E-state index is 11.9. The second kappa shape index (κ2) is 5.92. The molecule has 1 amide bonds. The molecule has 0 spiro atoms. The number of nitrogens with zero attached hydrogens (tertiary/aromatic N) is 4. The van der Waals surface area contributed by atoms with Crippen molar-refractivity contribution < 1.29 is 14.7 Å². The number of aromatic nitrogens is 4. The first-order chi connectivity index (χ1) is 10.6. The summed E-state index contributed by atoms with van der Waals surface area (Å²) in [6, 6.07) is 9.29. The highest BCUT2D eigenvalue weighted by molar-refractivity contribution is 5.77. The fraction of sp³-hybridized carbons (Fsp3) is 0.357. The van der Waals surface area contributed by atoms with Crippen LogP contribution in [0.15, 0.2) is 30.3 Å². The molecule has 1 aromatic carbocycles. The molecule has 114 valence electrons. The van der Waals surface area contributed by atoms with Crippen molar-refractivity contribution in [2.24, 2.45) is 5.92 Å². The third kappa shape index (κ3) is 3.11. The summed E-state index contributed by atoms with van der Waals surface area (Å²) in [6.07, 6.45) is 0.947. The lowest BCUT2D eigenvalue weighted by atomic mass is 9.80. The number of rotatable bonds is 5. The van der Waals surface area contributed by atoms with Crippen LogP contribution in [0.25, 0.3) is 11.4 Å². The Morgan fingerprint density at radius 3 is 2.68 bits per heavy atom. The Hall–Kier alpha value is -2.77. The van der Waals surface area contributed by atoms with Gasteiger partial charge in [0.05, 0.1) is 5.92 Å². The maximum Gasteiger partial charge on any atom is 0.306 e. The molecule has 1 saturated carbocycles. The van der Waals surface area contributed by atoms with E-state index in [4.69, 9.17) is 5.11 Å². The van der Waals surface area contributed by atoms with Gasteiger partial charge in [0.2, 0.25) is 11.7 Å². The van der Waals surface area contributed by atoms with E-state index >= 15 is 0 Å². The molecule has 0 atom stereocenters. The Morgan fingerprint density at radius 1 is 1.27 bits per heavy atom. The molecule has 2 aromatic rings. The molecule has 1 fully saturated rings. The number of aliphatic carboxylic acids is 1. The average molecular weight is 301 g/mol. The topological polar surface area (TPSA) is 110 Å². The van der Waals surface area contributed by atoms with Crippen LogP contribution in [0, 0.1) is 5.92 Å². The second-order valence-electron chi connectivity index (χ2n) is 5.28. The molecule has 1 aliphatic rings. The van der Waals surface area contributed by atoms with Gasteiger partial charge in [-0.15, -0.1) is 10.2 Å². The molecule has 22 heavy (non-hydrogen) atoms.